The van der Waals surface area contributed by atoms with Crippen LogP contribution in [0, 0.1) is 17.5 Å². The number of carboxylic acid groups (broad SMARTS) is 1. The first-order chi connectivity index (χ1) is 12.9. The second kappa shape index (κ2) is 7.68. The van der Waals surface area contributed by atoms with Gasteiger partial charge in [0.25, 0.3) is 0 Å². The summed E-state index contributed by atoms with van der Waals surface area (Å²) < 4.78 is 40.8. The summed E-state index contributed by atoms with van der Waals surface area (Å²) >= 11 is 0. The van der Waals surface area contributed by atoms with Crippen LogP contribution in [0.15, 0.2) is 42.7 Å². The Kier molecular flexibility index (Phi) is 5.15. The molecule has 0 unspecified atom stereocenters. The van der Waals surface area contributed by atoms with Crippen molar-refractivity contribution in [2.24, 2.45) is 0 Å². The lowest BCUT2D eigenvalue weighted by Crippen LogP contribution is -2.15. The molecule has 0 amide bonds. The molecule has 2 heterocycles. The van der Waals surface area contributed by atoms with E-state index in [4.69, 9.17) is 5.11 Å². The first kappa shape index (κ1) is 18.1. The van der Waals surface area contributed by atoms with Gasteiger partial charge in [0.1, 0.15) is 23.9 Å². The quantitative estimate of drug-likeness (QED) is 0.608. The largest absolute Gasteiger partial charge is 0.480 e. The Balaban J connectivity index is 2.01. The number of benzene rings is 1. The topological polar surface area (TPSA) is 100 Å². The Morgan fingerprint density at radius 3 is 2.48 bits per heavy atom. The molecule has 0 aliphatic rings. The molecular formula is C17H12F3N5O2. The van der Waals surface area contributed by atoms with Crippen molar-refractivity contribution in [3.05, 3.63) is 60.2 Å². The highest BCUT2D eigenvalue weighted by Gasteiger charge is 2.14. The van der Waals surface area contributed by atoms with Crippen LogP contribution >= 0.6 is 0 Å². The van der Waals surface area contributed by atoms with Crippen molar-refractivity contribution in [1.29, 1.82) is 0 Å². The molecule has 138 valence electrons. The van der Waals surface area contributed by atoms with Gasteiger partial charge in [-0.3, -0.25) is 9.78 Å². The molecule has 0 radical (unpaired) electrons. The third-order valence-corrected chi connectivity index (χ3v) is 3.34. The molecule has 0 bridgehead atoms. The molecule has 3 rings (SSSR count). The highest BCUT2D eigenvalue weighted by atomic mass is 19.1. The predicted octanol–water partition coefficient (Wildman–Crippen LogP) is 3.20. The smallest absolute Gasteiger partial charge is 0.322 e. The number of aromatic nitrogens is 3. The van der Waals surface area contributed by atoms with Crippen LogP contribution in [0.25, 0.3) is 11.3 Å². The van der Waals surface area contributed by atoms with Gasteiger partial charge in [0.15, 0.2) is 11.6 Å². The zero-order valence-corrected chi connectivity index (χ0v) is 13.6. The molecule has 0 aliphatic carbocycles. The Labute approximate surface area is 150 Å². The number of pyridine rings is 1. The highest BCUT2D eigenvalue weighted by Crippen LogP contribution is 2.26. The third kappa shape index (κ3) is 4.48. The summed E-state index contributed by atoms with van der Waals surface area (Å²) in [5.41, 5.74) is 0.300. The first-order valence-corrected chi connectivity index (χ1v) is 7.59. The Bertz CT molecular complexity index is 963. The van der Waals surface area contributed by atoms with Crippen molar-refractivity contribution < 1.29 is 23.1 Å². The molecule has 1 aromatic carbocycles. The van der Waals surface area contributed by atoms with Crippen LogP contribution in [0.3, 0.4) is 0 Å². The molecule has 0 spiro atoms. The molecule has 0 aliphatic heterocycles. The minimum absolute atomic E-state index is 0.0267. The molecule has 0 saturated carbocycles. The van der Waals surface area contributed by atoms with Crippen LogP contribution in [-0.4, -0.2) is 32.6 Å². The van der Waals surface area contributed by atoms with Crippen LogP contribution in [0.2, 0.25) is 0 Å². The second-order valence-electron chi connectivity index (χ2n) is 5.32. The minimum Gasteiger partial charge on any atom is -0.480 e. The highest BCUT2D eigenvalue weighted by molar-refractivity contribution is 5.73. The number of rotatable bonds is 6. The van der Waals surface area contributed by atoms with Gasteiger partial charge in [-0.1, -0.05) is 0 Å². The van der Waals surface area contributed by atoms with Gasteiger partial charge in [-0.2, -0.15) is 4.98 Å². The standard InChI is InChI=1S/C17H12F3N5O2/c18-10-4-11(19)16(12(20)5-10)24-14-6-13(9-2-1-3-21-7-9)23-17(25-14)22-8-15(26)27/h1-7H,8H2,(H,26,27)(H2,22,23,24,25). The van der Waals surface area contributed by atoms with Gasteiger partial charge >= 0.3 is 5.97 Å². The maximum Gasteiger partial charge on any atom is 0.322 e. The summed E-state index contributed by atoms with van der Waals surface area (Å²) in [4.78, 5) is 22.9. The lowest BCUT2D eigenvalue weighted by atomic mass is 10.2. The molecule has 7 nitrogen and oxygen atoms in total. The monoisotopic (exact) mass is 375 g/mol. The van der Waals surface area contributed by atoms with Gasteiger partial charge in [0, 0.05) is 36.2 Å². The van der Waals surface area contributed by atoms with Crippen molar-refractivity contribution in [2.45, 2.75) is 0 Å². The number of anilines is 3. The van der Waals surface area contributed by atoms with E-state index in [0.717, 1.165) is 0 Å². The van der Waals surface area contributed by atoms with Crippen molar-refractivity contribution in [3.63, 3.8) is 0 Å². The fourth-order valence-corrected chi connectivity index (χ4v) is 2.20. The number of hydrogen-bond acceptors (Lipinski definition) is 6. The zero-order valence-electron chi connectivity index (χ0n) is 13.6. The molecule has 10 heteroatoms. The van der Waals surface area contributed by atoms with Crippen LogP contribution in [-0.2, 0) is 4.79 Å². The summed E-state index contributed by atoms with van der Waals surface area (Å²) in [7, 11) is 0. The minimum atomic E-state index is -1.14. The van der Waals surface area contributed by atoms with Crippen molar-refractivity contribution in [2.75, 3.05) is 17.2 Å². The maximum absolute atomic E-state index is 13.9. The molecule has 0 saturated heterocycles. The SMILES string of the molecule is O=C(O)CNc1nc(Nc2c(F)cc(F)cc2F)cc(-c2cccnc2)n1. The third-order valence-electron chi connectivity index (χ3n) is 3.34. The lowest BCUT2D eigenvalue weighted by molar-refractivity contribution is -0.134. The van der Waals surface area contributed by atoms with E-state index in [-0.39, 0.29) is 11.8 Å². The van der Waals surface area contributed by atoms with E-state index in [1.807, 2.05) is 0 Å². The Morgan fingerprint density at radius 2 is 1.85 bits per heavy atom. The summed E-state index contributed by atoms with van der Waals surface area (Å²) in [6.07, 6.45) is 3.06. The second-order valence-corrected chi connectivity index (χ2v) is 5.32. The molecule has 27 heavy (non-hydrogen) atoms. The molecule has 3 N–H and O–H groups in total. The van der Waals surface area contributed by atoms with Gasteiger partial charge in [-0.25, -0.2) is 18.2 Å². The van der Waals surface area contributed by atoms with E-state index < -0.39 is 35.7 Å². The molecular weight excluding hydrogens is 363 g/mol. The van der Waals surface area contributed by atoms with Crippen LogP contribution in [0.5, 0.6) is 0 Å². The van der Waals surface area contributed by atoms with E-state index in [1.165, 1.54) is 12.3 Å². The van der Waals surface area contributed by atoms with Crippen LogP contribution in [0.4, 0.5) is 30.6 Å². The average Bonchev–Trinajstić information content (AvgIpc) is 2.63. The molecule has 0 atom stereocenters. The Morgan fingerprint density at radius 1 is 1.11 bits per heavy atom. The van der Waals surface area contributed by atoms with Gasteiger partial charge < -0.3 is 15.7 Å². The fraction of sp³-hybridized carbons (Fsp3) is 0.0588. The summed E-state index contributed by atoms with van der Waals surface area (Å²) in [6, 6.07) is 5.80. The fourth-order valence-electron chi connectivity index (χ4n) is 2.20. The van der Waals surface area contributed by atoms with Crippen LogP contribution in [0.1, 0.15) is 0 Å². The maximum atomic E-state index is 13.9. The van der Waals surface area contributed by atoms with Crippen molar-refractivity contribution in [3.8, 4) is 11.3 Å². The van der Waals surface area contributed by atoms with E-state index in [2.05, 4.69) is 25.6 Å². The van der Waals surface area contributed by atoms with Gasteiger partial charge in [0.05, 0.1) is 5.69 Å². The molecule has 0 fully saturated rings. The zero-order chi connectivity index (χ0) is 19.4. The number of halogens is 3. The number of nitrogens with one attached hydrogen (secondary N) is 2. The van der Waals surface area contributed by atoms with Gasteiger partial charge in [-0.05, 0) is 12.1 Å². The average molecular weight is 375 g/mol. The predicted molar refractivity (Wildman–Crippen MR) is 91.0 cm³/mol. The summed E-state index contributed by atoms with van der Waals surface area (Å²) in [6.45, 7) is -0.463. The van der Waals surface area contributed by atoms with E-state index in [1.54, 1.807) is 18.3 Å². The number of carboxylic acids is 1. The van der Waals surface area contributed by atoms with Crippen LogP contribution < -0.4 is 10.6 Å². The Hall–Kier alpha value is -3.69. The van der Waals surface area contributed by atoms with E-state index >= 15 is 0 Å². The number of hydrogen-bond donors (Lipinski definition) is 3. The summed E-state index contributed by atoms with van der Waals surface area (Å²) in [5, 5.41) is 13.7. The van der Waals surface area contributed by atoms with Crippen molar-refractivity contribution >= 4 is 23.4 Å². The normalized spacial score (nSPS) is 10.5. The number of nitrogens with zero attached hydrogens (tertiary/aromatic N) is 3. The van der Waals surface area contributed by atoms with E-state index in [9.17, 15) is 18.0 Å². The van der Waals surface area contributed by atoms with Crippen molar-refractivity contribution in [1.82, 2.24) is 15.0 Å². The van der Waals surface area contributed by atoms with Gasteiger partial charge in [-0.15, -0.1) is 0 Å². The van der Waals surface area contributed by atoms with E-state index in [0.29, 0.717) is 23.4 Å². The number of aliphatic carboxylic acids is 1. The molecule has 3 aromatic rings. The molecule has 2 aromatic heterocycles. The number of carbonyl (C=O) groups is 1. The first-order valence-electron chi connectivity index (χ1n) is 7.59. The summed E-state index contributed by atoms with van der Waals surface area (Å²) in [5.74, 6) is -4.60. The van der Waals surface area contributed by atoms with Gasteiger partial charge in [0.2, 0.25) is 5.95 Å². The lowest BCUT2D eigenvalue weighted by Gasteiger charge is -2.12.